The number of H-pyrrole nitrogens is 1. The predicted molar refractivity (Wildman–Crippen MR) is 131 cm³/mol. The summed E-state index contributed by atoms with van der Waals surface area (Å²) in [7, 11) is 1.52. The smallest absolute Gasteiger partial charge is 0.379 e. The fourth-order valence-electron chi connectivity index (χ4n) is 5.49. The number of alkyl halides is 3. The van der Waals surface area contributed by atoms with E-state index in [2.05, 4.69) is 10.3 Å². The second-order valence-electron chi connectivity index (χ2n) is 9.90. The number of carbonyl (C=O) groups excluding carboxylic acids is 2. The van der Waals surface area contributed by atoms with Crippen molar-refractivity contribution in [1.82, 2.24) is 20.3 Å². The van der Waals surface area contributed by atoms with E-state index in [0.29, 0.717) is 23.5 Å². The van der Waals surface area contributed by atoms with E-state index in [-0.39, 0.29) is 25.6 Å². The second kappa shape index (κ2) is 11.8. The maximum Gasteiger partial charge on any atom is 0.471 e. The Labute approximate surface area is 214 Å². The minimum atomic E-state index is -5.14. The minimum Gasteiger partial charge on any atom is -0.379 e. The topological polar surface area (TPSA) is 86.9 Å². The maximum atomic E-state index is 13.9. The third-order valence-electron chi connectivity index (χ3n) is 7.31. The highest BCUT2D eigenvalue weighted by molar-refractivity contribution is 5.91. The Bertz CT molecular complexity index is 1060. The number of rotatable bonds is 9. The summed E-state index contributed by atoms with van der Waals surface area (Å²) in [5, 5.41) is 5.24. The third-order valence-corrected chi connectivity index (χ3v) is 7.31. The van der Waals surface area contributed by atoms with E-state index in [1.165, 1.54) is 7.11 Å². The number of benzene rings is 1. The maximum absolute atomic E-state index is 13.9. The molecular weight excluding hydrogens is 489 g/mol. The van der Waals surface area contributed by atoms with Crippen LogP contribution in [-0.4, -0.2) is 84.5 Å². The molecule has 0 radical (unpaired) electrons. The van der Waals surface area contributed by atoms with Gasteiger partial charge in [-0.1, -0.05) is 25.1 Å². The van der Waals surface area contributed by atoms with Gasteiger partial charge in [-0.25, -0.2) is 5.06 Å². The Balaban J connectivity index is 1.69. The van der Waals surface area contributed by atoms with Crippen molar-refractivity contribution >= 4 is 22.7 Å². The molecule has 8 nitrogen and oxygen atoms in total. The van der Waals surface area contributed by atoms with Gasteiger partial charge in [-0.05, 0) is 43.9 Å². The lowest BCUT2D eigenvalue weighted by Crippen LogP contribution is -2.58. The van der Waals surface area contributed by atoms with Crippen LogP contribution in [0.5, 0.6) is 0 Å². The van der Waals surface area contributed by atoms with E-state index in [0.717, 1.165) is 41.8 Å². The molecule has 2 aliphatic heterocycles. The largest absolute Gasteiger partial charge is 0.471 e. The van der Waals surface area contributed by atoms with E-state index in [1.54, 1.807) is 13.1 Å². The summed E-state index contributed by atoms with van der Waals surface area (Å²) in [5.74, 6) is -3.15. The molecule has 4 rings (SSSR count). The fraction of sp³-hybridized carbons (Fsp3) is 0.615. The van der Waals surface area contributed by atoms with Crippen molar-refractivity contribution in [3.63, 3.8) is 0 Å². The lowest BCUT2D eigenvalue weighted by molar-refractivity contribution is -0.208. The Kier molecular flexibility index (Phi) is 8.76. The molecular formula is C26H35F3N4O4. The second-order valence-corrected chi connectivity index (χ2v) is 9.90. The minimum absolute atomic E-state index is 0.0314. The number of para-hydroxylation sites is 1. The highest BCUT2D eigenvalue weighted by Crippen LogP contribution is 2.28. The van der Waals surface area contributed by atoms with Crippen LogP contribution >= 0.6 is 0 Å². The van der Waals surface area contributed by atoms with Gasteiger partial charge in [-0.2, -0.15) is 13.2 Å². The Hall–Kier alpha value is -2.63. The first-order valence-corrected chi connectivity index (χ1v) is 12.8. The Morgan fingerprint density at radius 3 is 2.68 bits per heavy atom. The van der Waals surface area contributed by atoms with E-state index in [4.69, 9.17) is 9.57 Å². The molecule has 4 atom stereocenters. The van der Waals surface area contributed by atoms with Crippen LogP contribution < -0.4 is 5.32 Å². The fourth-order valence-corrected chi connectivity index (χ4v) is 5.49. The standard InChI is InChI=1S/C26H35F3N4O4/c1-17(23(36-2)21-10-7-11-30-21)16-32(25(35)26(27,28)29)22(24(34)33-12-5-6-13-37-33)14-18-15-31-20-9-4-3-8-19(18)20/h3-4,8-9,15,17,21-23,30-31H,5-7,10-14,16H2,1-2H3/t17-,21+,22+,23-/m1/s1. The van der Waals surface area contributed by atoms with Gasteiger partial charge in [0.05, 0.1) is 12.7 Å². The number of nitrogens with one attached hydrogen (secondary N) is 2. The van der Waals surface area contributed by atoms with Gasteiger partial charge in [0.2, 0.25) is 0 Å². The molecule has 1 aromatic carbocycles. The van der Waals surface area contributed by atoms with Crippen molar-refractivity contribution < 1.29 is 32.3 Å². The zero-order valence-corrected chi connectivity index (χ0v) is 21.2. The summed E-state index contributed by atoms with van der Waals surface area (Å²) in [6.45, 7) is 2.83. The Morgan fingerprint density at radius 1 is 1.24 bits per heavy atom. The number of amides is 2. The highest BCUT2D eigenvalue weighted by atomic mass is 19.4. The zero-order chi connectivity index (χ0) is 26.6. The number of fused-ring (bicyclic) bond motifs is 1. The molecule has 37 heavy (non-hydrogen) atoms. The SMILES string of the molecule is CO[C@H]([C@H](C)CN(C(=O)C(F)(F)F)[C@@H](Cc1c[nH]c2ccccc12)C(=O)N1CCCCO1)[C@@H]1CCCN1. The molecule has 2 saturated heterocycles. The molecule has 1 aromatic heterocycles. The van der Waals surface area contributed by atoms with E-state index < -0.39 is 36.1 Å². The van der Waals surface area contributed by atoms with E-state index >= 15 is 0 Å². The van der Waals surface area contributed by atoms with Crippen LogP contribution in [0.15, 0.2) is 30.5 Å². The lowest BCUT2D eigenvalue weighted by atomic mass is 9.94. The predicted octanol–water partition coefficient (Wildman–Crippen LogP) is 3.43. The van der Waals surface area contributed by atoms with Crippen LogP contribution in [0.1, 0.15) is 38.2 Å². The summed E-state index contributed by atoms with van der Waals surface area (Å²) in [6, 6.07) is 5.92. The van der Waals surface area contributed by atoms with E-state index in [9.17, 15) is 22.8 Å². The third kappa shape index (κ3) is 6.27. The molecule has 2 amide bonds. The van der Waals surface area contributed by atoms with Crippen LogP contribution in [0.3, 0.4) is 0 Å². The number of hydroxylamine groups is 2. The summed E-state index contributed by atoms with van der Waals surface area (Å²) in [5.41, 5.74) is 1.45. The molecule has 0 bridgehead atoms. The number of nitrogens with zero attached hydrogens (tertiary/aromatic N) is 2. The van der Waals surface area contributed by atoms with Gasteiger partial charge in [-0.3, -0.25) is 14.4 Å². The van der Waals surface area contributed by atoms with Crippen LogP contribution in [0.4, 0.5) is 13.2 Å². The van der Waals surface area contributed by atoms with Crippen molar-refractivity contribution in [2.75, 3.05) is 33.4 Å². The van der Waals surface area contributed by atoms with Crippen LogP contribution in [-0.2, 0) is 25.6 Å². The van der Waals surface area contributed by atoms with Gasteiger partial charge in [0.1, 0.15) is 6.04 Å². The molecule has 0 unspecified atom stereocenters. The van der Waals surface area contributed by atoms with Gasteiger partial charge in [-0.15, -0.1) is 0 Å². The van der Waals surface area contributed by atoms with Crippen molar-refractivity contribution in [3.05, 3.63) is 36.0 Å². The number of aromatic amines is 1. The molecule has 2 fully saturated rings. The highest BCUT2D eigenvalue weighted by Gasteiger charge is 2.48. The molecule has 0 saturated carbocycles. The van der Waals surface area contributed by atoms with Crippen LogP contribution in [0.2, 0.25) is 0 Å². The van der Waals surface area contributed by atoms with Gasteiger partial charge in [0.15, 0.2) is 0 Å². The first-order valence-electron chi connectivity index (χ1n) is 12.8. The number of aromatic nitrogens is 1. The van der Waals surface area contributed by atoms with Crippen molar-refractivity contribution in [2.45, 2.75) is 63.4 Å². The zero-order valence-electron chi connectivity index (χ0n) is 21.2. The molecule has 0 spiro atoms. The summed E-state index contributed by atoms with van der Waals surface area (Å²) >= 11 is 0. The Morgan fingerprint density at radius 2 is 2.03 bits per heavy atom. The van der Waals surface area contributed by atoms with Crippen molar-refractivity contribution in [1.29, 1.82) is 0 Å². The van der Waals surface area contributed by atoms with Crippen LogP contribution in [0.25, 0.3) is 10.9 Å². The van der Waals surface area contributed by atoms with Gasteiger partial charge in [0, 0.05) is 55.7 Å². The average Bonchev–Trinajstić information content (AvgIpc) is 3.56. The van der Waals surface area contributed by atoms with Gasteiger partial charge >= 0.3 is 12.1 Å². The van der Waals surface area contributed by atoms with E-state index in [1.807, 2.05) is 24.3 Å². The summed E-state index contributed by atoms with van der Waals surface area (Å²) < 4.78 is 47.5. The number of halogens is 3. The molecule has 3 heterocycles. The monoisotopic (exact) mass is 524 g/mol. The first-order chi connectivity index (χ1) is 17.7. The number of methoxy groups -OCH3 is 1. The lowest BCUT2D eigenvalue weighted by Gasteiger charge is -2.38. The molecule has 0 aliphatic carbocycles. The van der Waals surface area contributed by atoms with Crippen LogP contribution in [0, 0.1) is 5.92 Å². The number of hydrogen-bond donors (Lipinski definition) is 2. The van der Waals surface area contributed by atoms with Crippen molar-refractivity contribution in [3.8, 4) is 0 Å². The van der Waals surface area contributed by atoms with Gasteiger partial charge in [0.25, 0.3) is 5.91 Å². The average molecular weight is 525 g/mol. The molecule has 11 heteroatoms. The number of hydrogen-bond acceptors (Lipinski definition) is 5. The number of carbonyl (C=O) groups is 2. The van der Waals surface area contributed by atoms with Gasteiger partial charge < -0.3 is 19.9 Å². The first kappa shape index (κ1) is 27.4. The number of ether oxygens (including phenoxy) is 1. The quantitative estimate of drug-likeness (QED) is 0.525. The summed E-state index contributed by atoms with van der Waals surface area (Å²) in [4.78, 5) is 35.9. The summed E-state index contributed by atoms with van der Waals surface area (Å²) in [6.07, 6.45) is -0.766. The molecule has 2 aliphatic rings. The molecule has 204 valence electrons. The normalized spacial score (nSPS) is 21.1. The molecule has 2 aromatic rings. The molecule has 2 N–H and O–H groups in total. The van der Waals surface area contributed by atoms with Crippen molar-refractivity contribution in [2.24, 2.45) is 5.92 Å².